The quantitative estimate of drug-likeness (QED) is 0.528. The van der Waals surface area contributed by atoms with Crippen molar-refractivity contribution in [1.29, 1.82) is 0 Å². The molecule has 3 unspecified atom stereocenters. The highest BCUT2D eigenvalue weighted by molar-refractivity contribution is 7.89. The largest absolute Gasteiger partial charge is 0.467 e. The van der Waals surface area contributed by atoms with Gasteiger partial charge < -0.3 is 4.74 Å². The standard InChI is InChI=1S/C21H26F3NO4S/c1-13-5-9-16(10-6-13)30(27,28)25-20(18(26)29-4,21(22,23)24)12-14-7-8-15-11-17(14)19(15,2)3/h5-7,9-10,15,17,25H,8,11-12H2,1-4H3. The third-order valence-electron chi connectivity index (χ3n) is 6.71. The van der Waals surface area contributed by atoms with Gasteiger partial charge in [-0.25, -0.2) is 13.2 Å². The summed E-state index contributed by atoms with van der Waals surface area (Å²) in [6.07, 6.45) is -2.95. The van der Waals surface area contributed by atoms with Gasteiger partial charge in [0.25, 0.3) is 0 Å². The lowest BCUT2D eigenvalue weighted by Gasteiger charge is -2.57. The van der Waals surface area contributed by atoms with E-state index in [9.17, 15) is 26.4 Å². The topological polar surface area (TPSA) is 72.5 Å². The van der Waals surface area contributed by atoms with Crippen LogP contribution in [0.1, 0.15) is 38.7 Å². The highest BCUT2D eigenvalue weighted by Crippen LogP contribution is 2.60. The van der Waals surface area contributed by atoms with E-state index in [1.807, 2.05) is 13.8 Å². The van der Waals surface area contributed by atoms with E-state index in [4.69, 9.17) is 0 Å². The Morgan fingerprint density at radius 1 is 1.23 bits per heavy atom. The number of methoxy groups -OCH3 is 1. The van der Waals surface area contributed by atoms with E-state index < -0.39 is 34.1 Å². The van der Waals surface area contributed by atoms with Gasteiger partial charge in [0, 0.05) is 6.42 Å². The fourth-order valence-corrected chi connectivity index (χ4v) is 5.93. The molecule has 166 valence electrons. The number of alkyl halides is 3. The highest BCUT2D eigenvalue weighted by atomic mass is 32.2. The summed E-state index contributed by atoms with van der Waals surface area (Å²) in [5.41, 5.74) is -2.40. The van der Waals surface area contributed by atoms with Gasteiger partial charge in [-0.2, -0.15) is 17.9 Å². The molecule has 9 heteroatoms. The maximum Gasteiger partial charge on any atom is 0.418 e. The van der Waals surface area contributed by atoms with Gasteiger partial charge in [0.05, 0.1) is 12.0 Å². The number of esters is 1. The normalized spacial score (nSPS) is 25.0. The van der Waals surface area contributed by atoms with Crippen LogP contribution in [0, 0.1) is 24.2 Å². The Labute approximate surface area is 174 Å². The highest BCUT2D eigenvalue weighted by Gasteiger charge is 2.65. The molecule has 1 fully saturated rings. The van der Waals surface area contributed by atoms with Crippen molar-refractivity contribution in [3.63, 3.8) is 0 Å². The number of halogens is 3. The van der Waals surface area contributed by atoms with Crippen LogP contribution in [-0.2, 0) is 19.6 Å². The SMILES string of the molecule is COC(=O)C(CC1=CCC2CC1C2(C)C)(NS(=O)(=O)c1ccc(C)cc1)C(F)(F)F. The zero-order valence-electron chi connectivity index (χ0n) is 17.3. The molecule has 3 aliphatic rings. The average molecular weight is 446 g/mol. The molecule has 0 radical (unpaired) electrons. The van der Waals surface area contributed by atoms with Gasteiger partial charge in [0.15, 0.2) is 0 Å². The number of carbonyl (C=O) groups is 1. The van der Waals surface area contributed by atoms with Crippen molar-refractivity contribution in [2.24, 2.45) is 17.3 Å². The van der Waals surface area contributed by atoms with Gasteiger partial charge in [0.2, 0.25) is 15.6 Å². The summed E-state index contributed by atoms with van der Waals surface area (Å²) in [6, 6.07) is 5.36. The second-order valence-corrected chi connectivity index (χ2v) is 10.5. The van der Waals surface area contributed by atoms with Crippen LogP contribution in [0.4, 0.5) is 13.2 Å². The number of nitrogens with one attached hydrogen (secondary N) is 1. The predicted octanol–water partition coefficient (Wildman–Crippen LogP) is 4.13. The zero-order chi connectivity index (χ0) is 22.5. The van der Waals surface area contributed by atoms with Gasteiger partial charge in [-0.1, -0.05) is 43.2 Å². The van der Waals surface area contributed by atoms with E-state index in [2.05, 4.69) is 4.74 Å². The smallest absolute Gasteiger partial charge is 0.418 e. The Kier molecular flexibility index (Phi) is 5.60. The Morgan fingerprint density at radius 2 is 1.83 bits per heavy atom. The molecule has 1 aromatic carbocycles. The third kappa shape index (κ3) is 3.66. The van der Waals surface area contributed by atoms with E-state index in [1.54, 1.807) is 17.7 Å². The number of sulfonamides is 1. The molecule has 0 aromatic heterocycles. The number of benzene rings is 1. The summed E-state index contributed by atoms with van der Waals surface area (Å²) in [7, 11) is -3.83. The molecular weight excluding hydrogens is 419 g/mol. The van der Waals surface area contributed by atoms with E-state index in [-0.39, 0.29) is 16.2 Å². The lowest BCUT2D eigenvalue weighted by atomic mass is 9.48. The zero-order valence-corrected chi connectivity index (χ0v) is 18.2. The fraction of sp³-hybridized carbons (Fsp3) is 0.571. The van der Waals surface area contributed by atoms with E-state index >= 15 is 0 Å². The Bertz CT molecular complexity index is 967. The Hall–Kier alpha value is -1.87. The van der Waals surface area contributed by atoms with Crippen molar-refractivity contribution in [2.45, 2.75) is 56.6 Å². The summed E-state index contributed by atoms with van der Waals surface area (Å²) in [5.74, 6) is -1.42. The molecule has 0 saturated heterocycles. The summed E-state index contributed by atoms with van der Waals surface area (Å²) < 4.78 is 74.9. The Morgan fingerprint density at radius 3 is 2.30 bits per heavy atom. The maximum atomic E-state index is 14.4. The number of aryl methyl sites for hydroxylation is 1. The molecule has 0 spiro atoms. The summed E-state index contributed by atoms with van der Waals surface area (Å²) >= 11 is 0. The van der Waals surface area contributed by atoms with Crippen molar-refractivity contribution < 1.29 is 31.1 Å². The number of ether oxygens (including phenoxy) is 1. The second kappa shape index (κ2) is 7.37. The summed E-state index contributed by atoms with van der Waals surface area (Å²) in [6.45, 7) is 5.70. The molecule has 0 amide bonds. The molecule has 2 bridgehead atoms. The predicted molar refractivity (Wildman–Crippen MR) is 105 cm³/mol. The van der Waals surface area contributed by atoms with Crippen molar-refractivity contribution in [3.8, 4) is 0 Å². The van der Waals surface area contributed by atoms with Gasteiger partial charge in [-0.05, 0) is 49.1 Å². The molecule has 30 heavy (non-hydrogen) atoms. The number of carbonyl (C=O) groups excluding carboxylic acids is 1. The minimum Gasteiger partial charge on any atom is -0.467 e. The van der Waals surface area contributed by atoms with E-state index in [1.165, 1.54) is 24.3 Å². The van der Waals surface area contributed by atoms with Crippen molar-refractivity contribution in [3.05, 3.63) is 41.5 Å². The number of hydrogen-bond acceptors (Lipinski definition) is 4. The lowest BCUT2D eigenvalue weighted by Crippen LogP contribution is -2.65. The van der Waals surface area contributed by atoms with Crippen LogP contribution in [0.25, 0.3) is 0 Å². The van der Waals surface area contributed by atoms with Crippen LogP contribution < -0.4 is 4.72 Å². The third-order valence-corrected chi connectivity index (χ3v) is 8.22. The molecule has 1 saturated carbocycles. The monoisotopic (exact) mass is 445 g/mol. The first-order valence-corrected chi connectivity index (χ1v) is 11.2. The van der Waals surface area contributed by atoms with Crippen LogP contribution >= 0.6 is 0 Å². The molecule has 1 N–H and O–H groups in total. The second-order valence-electron chi connectivity index (χ2n) is 8.81. The minimum atomic E-state index is -5.20. The molecule has 0 heterocycles. The first-order chi connectivity index (χ1) is 13.7. The molecule has 4 rings (SSSR count). The van der Waals surface area contributed by atoms with Crippen LogP contribution in [0.15, 0.2) is 40.8 Å². The first kappa shape index (κ1) is 22.8. The molecule has 1 aromatic rings. The van der Waals surface area contributed by atoms with E-state index in [0.29, 0.717) is 17.9 Å². The molecular formula is C21H26F3NO4S. The summed E-state index contributed by atoms with van der Waals surface area (Å²) in [5, 5.41) is 0. The molecule has 0 aliphatic heterocycles. The van der Waals surface area contributed by atoms with Gasteiger partial charge in [-0.15, -0.1) is 0 Å². The maximum absolute atomic E-state index is 14.4. The van der Waals surface area contributed by atoms with Crippen LogP contribution in [0.3, 0.4) is 0 Å². The van der Waals surface area contributed by atoms with Crippen molar-refractivity contribution in [2.75, 3.05) is 7.11 Å². The number of fused-ring (bicyclic) bond motifs is 1. The van der Waals surface area contributed by atoms with Crippen LogP contribution in [0.2, 0.25) is 0 Å². The number of hydrogen-bond donors (Lipinski definition) is 1. The Balaban J connectivity index is 2.05. The van der Waals surface area contributed by atoms with Crippen molar-refractivity contribution >= 4 is 16.0 Å². The van der Waals surface area contributed by atoms with E-state index in [0.717, 1.165) is 19.1 Å². The first-order valence-electron chi connectivity index (χ1n) is 9.69. The number of rotatable bonds is 6. The molecule has 3 aliphatic carbocycles. The average Bonchev–Trinajstić information content (AvgIpc) is 2.66. The van der Waals surface area contributed by atoms with Crippen molar-refractivity contribution in [1.82, 2.24) is 4.72 Å². The van der Waals surface area contributed by atoms with Crippen LogP contribution in [0.5, 0.6) is 0 Å². The molecule has 5 nitrogen and oxygen atoms in total. The summed E-state index contributed by atoms with van der Waals surface area (Å²) in [4.78, 5) is 12.1. The molecule has 3 atom stereocenters. The van der Waals surface area contributed by atoms with Gasteiger partial charge in [-0.3, -0.25) is 0 Å². The van der Waals surface area contributed by atoms with Gasteiger partial charge in [0.1, 0.15) is 0 Å². The van der Waals surface area contributed by atoms with Gasteiger partial charge >= 0.3 is 12.1 Å². The minimum absolute atomic E-state index is 0.133. The number of allylic oxidation sites excluding steroid dienone is 1. The van der Waals surface area contributed by atoms with Crippen LogP contribution in [-0.4, -0.2) is 33.2 Å². The fourth-order valence-electron chi connectivity index (χ4n) is 4.59. The lowest BCUT2D eigenvalue weighted by molar-refractivity contribution is -0.208.